The number of aromatic nitrogens is 2. The van der Waals surface area contributed by atoms with Crippen LogP contribution in [0.5, 0.6) is 0 Å². The molecule has 4 rings (SSSR count). The van der Waals surface area contributed by atoms with Crippen molar-refractivity contribution in [3.63, 3.8) is 0 Å². The van der Waals surface area contributed by atoms with Crippen LogP contribution in [0.15, 0.2) is 76.7 Å². The van der Waals surface area contributed by atoms with E-state index in [1.165, 1.54) is 36.5 Å². The Kier molecular flexibility index (Phi) is 9.07. The Bertz CT molecular complexity index is 1810. The third-order valence-corrected chi connectivity index (χ3v) is 9.09. The molecule has 4 aromatic rings. The largest absolute Gasteiger partial charge is 0.394 e. The van der Waals surface area contributed by atoms with Crippen LogP contribution in [0.1, 0.15) is 6.92 Å². The van der Waals surface area contributed by atoms with Gasteiger partial charge in [0.2, 0.25) is 5.95 Å². The molecule has 1 aromatic heterocycles. The first-order valence-corrected chi connectivity index (χ1v) is 15.8. The number of nitrogens with two attached hydrogens (primary N) is 1. The monoisotopic (exact) mass is 638 g/mol. The molecule has 0 radical (unpaired) electrons. The molecule has 0 bridgehead atoms. The van der Waals surface area contributed by atoms with Crippen molar-refractivity contribution in [1.82, 2.24) is 9.97 Å². The maximum atomic E-state index is 15.2. The molecular weight excluding hydrogens is 614 g/mol. The topological polar surface area (TPSA) is 159 Å². The van der Waals surface area contributed by atoms with Gasteiger partial charge in [0.05, 0.1) is 32.0 Å². The van der Waals surface area contributed by atoms with Crippen LogP contribution in [0.4, 0.5) is 27.5 Å². The predicted octanol–water partition coefficient (Wildman–Crippen LogP) is 4.88. The number of halogens is 3. The Hall–Kier alpha value is -3.46. The molecule has 0 aliphatic heterocycles. The third kappa shape index (κ3) is 7.25. The number of benzene rings is 3. The third-order valence-electron chi connectivity index (χ3n) is 5.69. The fraction of sp³-hybridized carbons (Fsp3) is 0.115. The van der Waals surface area contributed by atoms with Gasteiger partial charge in [0.15, 0.2) is 0 Å². The number of aliphatic hydroxyl groups is 1. The molecule has 1 unspecified atom stereocenters. The Morgan fingerprint density at radius 1 is 1.10 bits per heavy atom. The van der Waals surface area contributed by atoms with E-state index in [-0.39, 0.29) is 39.0 Å². The molecule has 0 fully saturated rings. The van der Waals surface area contributed by atoms with Crippen molar-refractivity contribution >= 4 is 71.9 Å². The summed E-state index contributed by atoms with van der Waals surface area (Å²) in [6.45, 7) is 1.51. The summed E-state index contributed by atoms with van der Waals surface area (Å²) in [5.74, 6) is 3.04. The van der Waals surface area contributed by atoms with Crippen molar-refractivity contribution in [3.05, 3.63) is 82.7 Å². The molecule has 0 aliphatic carbocycles. The normalized spacial score (nSPS) is 13.7. The van der Waals surface area contributed by atoms with Crippen LogP contribution >= 0.6 is 23.2 Å². The zero-order valence-electron chi connectivity index (χ0n) is 21.4. The summed E-state index contributed by atoms with van der Waals surface area (Å²) in [6.07, 6.45) is 1.45. The average molecular weight is 640 g/mol. The fourth-order valence-electron chi connectivity index (χ4n) is 3.60. The molecule has 6 N–H and O–H groups in total. The van der Waals surface area contributed by atoms with Crippen LogP contribution in [0, 0.1) is 5.82 Å². The van der Waals surface area contributed by atoms with Crippen molar-refractivity contribution in [1.29, 1.82) is 0 Å². The first-order chi connectivity index (χ1) is 19.3. The van der Waals surface area contributed by atoms with Gasteiger partial charge in [-0.05, 0) is 66.9 Å². The number of aliphatic hydroxyl groups excluding tert-OH is 1. The van der Waals surface area contributed by atoms with Crippen LogP contribution in [0.25, 0.3) is 11.1 Å². The van der Waals surface area contributed by atoms with Gasteiger partial charge in [-0.25, -0.2) is 22.0 Å². The highest BCUT2D eigenvalue weighted by Gasteiger charge is 2.22. The van der Waals surface area contributed by atoms with E-state index in [1.807, 2.05) is 0 Å². The van der Waals surface area contributed by atoms with E-state index >= 15 is 4.39 Å². The van der Waals surface area contributed by atoms with Crippen molar-refractivity contribution in [2.45, 2.75) is 22.8 Å². The highest BCUT2D eigenvalue weighted by Crippen LogP contribution is 2.33. The SMILES string of the molecule is C=S(N)(=O)c1ccc(Nc2ncc(-c3ccc(NS(=O)(=O)c4cccc(Cl)c4Cl)c(F)c3)c(N[C@H](C)CO)n2)cc1. The van der Waals surface area contributed by atoms with E-state index in [0.717, 1.165) is 6.07 Å². The molecule has 10 nitrogen and oxygen atoms in total. The zero-order valence-corrected chi connectivity index (χ0v) is 24.6. The average Bonchev–Trinajstić information content (AvgIpc) is 2.91. The van der Waals surface area contributed by atoms with Gasteiger partial charge in [-0.3, -0.25) is 9.86 Å². The molecule has 15 heteroatoms. The first-order valence-electron chi connectivity index (χ1n) is 11.8. The molecule has 0 spiro atoms. The number of hydrogen-bond donors (Lipinski definition) is 5. The number of hydrogen-bond acceptors (Lipinski definition) is 8. The Balaban J connectivity index is 1.64. The lowest BCUT2D eigenvalue weighted by Crippen LogP contribution is -2.21. The molecule has 2 atom stereocenters. The number of anilines is 4. The summed E-state index contributed by atoms with van der Waals surface area (Å²) >= 11 is 12.0. The van der Waals surface area contributed by atoms with Crippen LogP contribution in [0.3, 0.4) is 0 Å². The summed E-state index contributed by atoms with van der Waals surface area (Å²) in [5.41, 5.74) is 0.989. The number of nitrogens with zero attached hydrogens (tertiary/aromatic N) is 2. The van der Waals surface area contributed by atoms with Crippen LogP contribution < -0.4 is 20.5 Å². The van der Waals surface area contributed by atoms with E-state index in [4.69, 9.17) is 28.3 Å². The lowest BCUT2D eigenvalue weighted by molar-refractivity contribution is 0.281. The quantitative estimate of drug-likeness (QED) is 0.154. The summed E-state index contributed by atoms with van der Waals surface area (Å²) < 4.78 is 55.0. The Morgan fingerprint density at radius 2 is 1.80 bits per heavy atom. The maximum Gasteiger partial charge on any atom is 0.263 e. The second-order valence-electron chi connectivity index (χ2n) is 8.91. The number of sulfonamides is 1. The molecular formula is C26H25Cl2FN6O4S2. The summed E-state index contributed by atoms with van der Waals surface area (Å²) in [5, 5.41) is 21.1. The van der Waals surface area contributed by atoms with E-state index in [9.17, 15) is 17.7 Å². The number of rotatable bonds is 10. The van der Waals surface area contributed by atoms with Gasteiger partial charge in [-0.15, -0.1) is 0 Å². The predicted molar refractivity (Wildman–Crippen MR) is 162 cm³/mol. The molecule has 41 heavy (non-hydrogen) atoms. The van der Waals surface area contributed by atoms with Crippen molar-refractivity contribution in [2.75, 3.05) is 22.0 Å². The lowest BCUT2D eigenvalue weighted by atomic mass is 10.1. The maximum absolute atomic E-state index is 15.2. The fourth-order valence-corrected chi connectivity index (χ4v) is 6.02. The van der Waals surface area contributed by atoms with Crippen molar-refractivity contribution in [3.8, 4) is 11.1 Å². The van der Waals surface area contributed by atoms with E-state index in [2.05, 4.69) is 31.2 Å². The van der Waals surface area contributed by atoms with Crippen molar-refractivity contribution < 1.29 is 22.1 Å². The standard InChI is InChI=1S/C26H25Cl2FN6O4S2/c1-15(14-36)32-25-19(13-31-26(34-25)33-17-7-9-18(10-8-17)40(2,30)37)16-6-11-22(21(29)12-16)35-41(38,39)23-5-3-4-20(27)24(23)28/h3-13,15,35-36H,2,14H2,1H3,(H2,30,37)(H2,31,32,33,34)/t15-,40?/m1/s1. The van der Waals surface area contributed by atoms with Gasteiger partial charge in [-0.1, -0.05) is 35.3 Å². The summed E-state index contributed by atoms with van der Waals surface area (Å²) in [6, 6.07) is 14.0. The van der Waals surface area contributed by atoms with Crippen molar-refractivity contribution in [2.24, 2.45) is 5.14 Å². The van der Waals surface area contributed by atoms with E-state index in [1.54, 1.807) is 31.2 Å². The van der Waals surface area contributed by atoms with Crippen LogP contribution in [-0.4, -0.2) is 46.2 Å². The van der Waals surface area contributed by atoms with Gasteiger partial charge in [0, 0.05) is 28.4 Å². The Labute approximate surface area is 246 Å². The van der Waals surface area contributed by atoms with Crippen LogP contribution in [0.2, 0.25) is 10.0 Å². The highest BCUT2D eigenvalue weighted by molar-refractivity contribution is 7.98. The highest BCUT2D eigenvalue weighted by atomic mass is 35.5. The second-order valence-corrected chi connectivity index (χ2v) is 13.3. The molecule has 3 aromatic carbocycles. The molecule has 0 amide bonds. The molecule has 0 aliphatic rings. The van der Waals surface area contributed by atoms with Gasteiger partial charge in [0.1, 0.15) is 16.5 Å². The van der Waals surface area contributed by atoms with E-state index < -0.39 is 31.6 Å². The number of nitrogens with one attached hydrogen (secondary N) is 3. The molecule has 0 saturated carbocycles. The zero-order chi connectivity index (χ0) is 29.9. The smallest absolute Gasteiger partial charge is 0.263 e. The molecule has 1 heterocycles. The minimum absolute atomic E-state index is 0.0387. The summed E-state index contributed by atoms with van der Waals surface area (Å²) in [7, 11) is -7.11. The lowest BCUT2D eigenvalue weighted by Gasteiger charge is -2.17. The molecule has 216 valence electrons. The van der Waals surface area contributed by atoms with Gasteiger partial charge in [-0.2, -0.15) is 4.98 Å². The summed E-state index contributed by atoms with van der Waals surface area (Å²) in [4.78, 5) is 8.86. The van der Waals surface area contributed by atoms with Gasteiger partial charge in [0.25, 0.3) is 10.0 Å². The Morgan fingerprint density at radius 3 is 2.44 bits per heavy atom. The van der Waals surface area contributed by atoms with E-state index in [0.29, 0.717) is 21.7 Å². The first kappa shape index (κ1) is 30.5. The van der Waals surface area contributed by atoms with Gasteiger partial charge < -0.3 is 15.7 Å². The second kappa shape index (κ2) is 12.2. The molecule has 0 saturated heterocycles. The van der Waals surface area contributed by atoms with Gasteiger partial charge >= 0.3 is 0 Å². The minimum atomic E-state index is -4.25. The van der Waals surface area contributed by atoms with Crippen LogP contribution in [-0.2, 0) is 19.7 Å². The minimum Gasteiger partial charge on any atom is -0.394 e.